The van der Waals surface area contributed by atoms with Crippen LogP contribution in [0.15, 0.2) is 6.07 Å². The third-order valence-corrected chi connectivity index (χ3v) is 3.49. The van der Waals surface area contributed by atoms with Crippen molar-refractivity contribution < 1.29 is 8.42 Å². The van der Waals surface area contributed by atoms with Gasteiger partial charge in [0.15, 0.2) is 5.15 Å². The molecule has 0 saturated carbocycles. The van der Waals surface area contributed by atoms with Gasteiger partial charge in [0, 0.05) is 6.04 Å². The van der Waals surface area contributed by atoms with E-state index in [0.29, 0.717) is 5.56 Å². The molecular formula is C9H13Cl2N3O2S. The molecule has 1 heterocycles. The zero-order valence-electron chi connectivity index (χ0n) is 9.58. The summed E-state index contributed by atoms with van der Waals surface area (Å²) in [4.78, 5) is 3.77. The van der Waals surface area contributed by atoms with Gasteiger partial charge in [-0.1, -0.05) is 23.2 Å². The second-order valence-electron chi connectivity index (χ2n) is 3.81. The summed E-state index contributed by atoms with van der Waals surface area (Å²) in [6.07, 6.45) is 0. The number of anilines is 1. The summed E-state index contributed by atoms with van der Waals surface area (Å²) < 4.78 is 28.0. The predicted octanol–water partition coefficient (Wildman–Crippen LogP) is 2.35. The highest BCUT2D eigenvalue weighted by atomic mass is 35.5. The van der Waals surface area contributed by atoms with Crippen LogP contribution in [0.1, 0.15) is 19.4 Å². The quantitative estimate of drug-likeness (QED) is 0.838. The molecule has 0 radical (unpaired) electrons. The van der Waals surface area contributed by atoms with Gasteiger partial charge < -0.3 is 0 Å². The van der Waals surface area contributed by atoms with Gasteiger partial charge in [0.2, 0.25) is 0 Å². The largest absolute Gasteiger partial charge is 0.299 e. The third-order valence-electron chi connectivity index (χ3n) is 1.77. The van der Waals surface area contributed by atoms with Crippen LogP contribution in [-0.2, 0) is 10.2 Å². The van der Waals surface area contributed by atoms with E-state index >= 15 is 0 Å². The molecule has 1 rings (SSSR count). The lowest BCUT2D eigenvalue weighted by Gasteiger charge is -2.14. The fourth-order valence-corrected chi connectivity index (χ4v) is 3.03. The first-order valence-corrected chi connectivity index (χ1v) is 7.08. The van der Waals surface area contributed by atoms with Gasteiger partial charge in [0.25, 0.3) is 10.2 Å². The van der Waals surface area contributed by atoms with Gasteiger partial charge in [-0.2, -0.15) is 13.1 Å². The van der Waals surface area contributed by atoms with E-state index in [9.17, 15) is 8.42 Å². The van der Waals surface area contributed by atoms with Gasteiger partial charge in [0.1, 0.15) is 5.15 Å². The van der Waals surface area contributed by atoms with Crippen molar-refractivity contribution in [2.75, 3.05) is 4.72 Å². The molecule has 8 heteroatoms. The summed E-state index contributed by atoms with van der Waals surface area (Å²) in [5, 5.41) is 0.233. The van der Waals surface area contributed by atoms with Crippen LogP contribution in [0.4, 0.5) is 5.69 Å². The number of aromatic nitrogens is 1. The van der Waals surface area contributed by atoms with Crippen molar-refractivity contribution in [1.82, 2.24) is 9.71 Å². The Morgan fingerprint density at radius 2 is 1.94 bits per heavy atom. The Hall–Kier alpha value is -0.560. The van der Waals surface area contributed by atoms with Gasteiger partial charge in [-0.25, -0.2) is 4.98 Å². The van der Waals surface area contributed by atoms with Crippen LogP contribution >= 0.6 is 23.2 Å². The Morgan fingerprint density at radius 1 is 1.35 bits per heavy atom. The first-order valence-electron chi connectivity index (χ1n) is 4.84. The van der Waals surface area contributed by atoms with Crippen LogP contribution in [0.5, 0.6) is 0 Å². The minimum Gasteiger partial charge on any atom is -0.268 e. The molecule has 0 aromatic carbocycles. The SMILES string of the molecule is Cc1cc(Cl)nc(Cl)c1NS(=O)(=O)NC(C)C. The van der Waals surface area contributed by atoms with E-state index in [-0.39, 0.29) is 22.0 Å². The normalized spacial score (nSPS) is 11.9. The third kappa shape index (κ3) is 4.31. The highest BCUT2D eigenvalue weighted by Gasteiger charge is 2.16. The lowest BCUT2D eigenvalue weighted by atomic mass is 10.3. The van der Waals surface area contributed by atoms with Crippen LogP contribution in [0.3, 0.4) is 0 Å². The molecule has 0 unspecified atom stereocenters. The summed E-state index contributed by atoms with van der Waals surface area (Å²) in [7, 11) is -3.66. The van der Waals surface area contributed by atoms with Crippen molar-refractivity contribution in [3.8, 4) is 0 Å². The predicted molar refractivity (Wildman–Crippen MR) is 69.8 cm³/mol. The van der Waals surface area contributed by atoms with Crippen LogP contribution in [0, 0.1) is 6.92 Å². The zero-order valence-corrected chi connectivity index (χ0v) is 11.9. The molecule has 1 aromatic heterocycles. The monoisotopic (exact) mass is 297 g/mol. The van der Waals surface area contributed by atoms with Gasteiger partial charge in [0.05, 0.1) is 5.69 Å². The molecule has 96 valence electrons. The molecule has 0 amide bonds. The average molecular weight is 298 g/mol. The van der Waals surface area contributed by atoms with Crippen LogP contribution in [0.2, 0.25) is 10.3 Å². The molecule has 0 spiro atoms. The minimum atomic E-state index is -3.66. The highest BCUT2D eigenvalue weighted by molar-refractivity contribution is 7.90. The van der Waals surface area contributed by atoms with Crippen molar-refractivity contribution in [2.24, 2.45) is 0 Å². The van der Waals surface area contributed by atoms with Gasteiger partial charge in [-0.3, -0.25) is 4.72 Å². The van der Waals surface area contributed by atoms with Crippen molar-refractivity contribution >= 4 is 39.1 Å². The van der Waals surface area contributed by atoms with Gasteiger partial charge in [-0.15, -0.1) is 0 Å². The Bertz CT molecular complexity index is 494. The van der Waals surface area contributed by atoms with Crippen molar-refractivity contribution in [1.29, 1.82) is 0 Å². The number of hydrogen-bond acceptors (Lipinski definition) is 3. The van der Waals surface area contributed by atoms with Crippen molar-refractivity contribution in [2.45, 2.75) is 26.8 Å². The Labute approximate surface area is 111 Å². The first kappa shape index (κ1) is 14.5. The number of pyridine rings is 1. The molecular weight excluding hydrogens is 285 g/mol. The first-order chi connectivity index (χ1) is 7.71. The number of nitrogens with one attached hydrogen (secondary N) is 2. The Balaban J connectivity index is 3.04. The molecule has 0 atom stereocenters. The molecule has 5 nitrogen and oxygen atoms in total. The van der Waals surface area contributed by atoms with E-state index in [4.69, 9.17) is 23.2 Å². The Kier molecular flexibility index (Phi) is 4.60. The maximum absolute atomic E-state index is 11.7. The zero-order chi connectivity index (χ0) is 13.2. The molecule has 0 aliphatic heterocycles. The molecule has 0 saturated heterocycles. The molecule has 1 aromatic rings. The molecule has 2 N–H and O–H groups in total. The summed E-state index contributed by atoms with van der Waals surface area (Å²) >= 11 is 11.5. The average Bonchev–Trinajstić information content (AvgIpc) is 2.09. The van der Waals surface area contributed by atoms with E-state index in [1.54, 1.807) is 20.8 Å². The number of nitrogens with zero attached hydrogens (tertiary/aromatic N) is 1. The lowest BCUT2D eigenvalue weighted by molar-refractivity contribution is 0.575. The fourth-order valence-electron chi connectivity index (χ4n) is 1.19. The summed E-state index contributed by atoms with van der Waals surface area (Å²) in [5.74, 6) is 0. The van der Waals surface area contributed by atoms with Crippen LogP contribution in [0.25, 0.3) is 0 Å². The second-order valence-corrected chi connectivity index (χ2v) is 6.00. The maximum atomic E-state index is 11.7. The topological polar surface area (TPSA) is 71.1 Å². The van der Waals surface area contributed by atoms with E-state index in [0.717, 1.165) is 0 Å². The van der Waals surface area contributed by atoms with Crippen molar-refractivity contribution in [3.05, 3.63) is 21.9 Å². The minimum absolute atomic E-state index is 0.0177. The van der Waals surface area contributed by atoms with Gasteiger partial charge in [-0.05, 0) is 32.4 Å². The number of halogens is 2. The van der Waals surface area contributed by atoms with E-state index in [1.807, 2.05) is 0 Å². The second kappa shape index (κ2) is 5.39. The standard InChI is InChI=1S/C9H13Cl2N3O2S/c1-5(2)13-17(15,16)14-8-6(3)4-7(10)12-9(8)11/h4-5,13-14H,1-3H3. The smallest absolute Gasteiger partial charge is 0.268 e. The summed E-state index contributed by atoms with van der Waals surface area (Å²) in [5.41, 5.74) is 0.827. The molecule has 0 fully saturated rings. The van der Waals surface area contributed by atoms with Crippen LogP contribution < -0.4 is 9.44 Å². The molecule has 0 aliphatic carbocycles. The lowest BCUT2D eigenvalue weighted by Crippen LogP contribution is -2.35. The number of aryl methyl sites for hydroxylation is 1. The highest BCUT2D eigenvalue weighted by Crippen LogP contribution is 2.26. The summed E-state index contributed by atoms with van der Waals surface area (Å²) in [6.45, 7) is 5.12. The molecule has 17 heavy (non-hydrogen) atoms. The fraction of sp³-hybridized carbons (Fsp3) is 0.444. The van der Waals surface area contributed by atoms with E-state index in [2.05, 4.69) is 14.4 Å². The summed E-state index contributed by atoms with van der Waals surface area (Å²) in [6, 6.07) is 1.31. The van der Waals surface area contributed by atoms with E-state index < -0.39 is 10.2 Å². The van der Waals surface area contributed by atoms with E-state index in [1.165, 1.54) is 6.07 Å². The number of rotatable bonds is 4. The van der Waals surface area contributed by atoms with Crippen molar-refractivity contribution in [3.63, 3.8) is 0 Å². The van der Waals surface area contributed by atoms with Crippen LogP contribution in [-0.4, -0.2) is 19.4 Å². The number of hydrogen-bond donors (Lipinski definition) is 2. The van der Waals surface area contributed by atoms with Gasteiger partial charge >= 0.3 is 0 Å². The molecule has 0 aliphatic rings. The Morgan fingerprint density at radius 3 is 2.41 bits per heavy atom. The maximum Gasteiger partial charge on any atom is 0.299 e. The molecule has 0 bridgehead atoms.